The lowest BCUT2D eigenvalue weighted by Crippen LogP contribution is -2.38. The summed E-state index contributed by atoms with van der Waals surface area (Å²) in [4.78, 5) is 33.6. The number of benzene rings is 1. The van der Waals surface area contributed by atoms with E-state index < -0.39 is 0 Å². The van der Waals surface area contributed by atoms with Gasteiger partial charge in [-0.05, 0) is 37.2 Å². The zero-order valence-electron chi connectivity index (χ0n) is 15.0. The van der Waals surface area contributed by atoms with Gasteiger partial charge in [-0.15, -0.1) is 0 Å². The molecular formula is C19H23ClN4O3. The van der Waals surface area contributed by atoms with Crippen LogP contribution in [0.15, 0.2) is 35.3 Å². The van der Waals surface area contributed by atoms with Crippen molar-refractivity contribution in [2.75, 3.05) is 39.4 Å². The smallest absolute Gasteiger partial charge is 0.254 e. The molecule has 1 saturated heterocycles. The Morgan fingerprint density at radius 2 is 2.00 bits per heavy atom. The third kappa shape index (κ3) is 5.89. The van der Waals surface area contributed by atoms with Crippen LogP contribution in [0.4, 0.5) is 0 Å². The molecule has 1 aromatic heterocycles. The number of aromatic nitrogens is 2. The maximum absolute atomic E-state index is 12.2. The number of amides is 1. The van der Waals surface area contributed by atoms with Crippen LogP contribution < -0.4 is 10.9 Å². The zero-order valence-corrected chi connectivity index (χ0v) is 15.8. The van der Waals surface area contributed by atoms with Gasteiger partial charge in [0, 0.05) is 42.0 Å². The number of nitrogens with zero attached hydrogens (tertiary/aromatic N) is 2. The summed E-state index contributed by atoms with van der Waals surface area (Å²) >= 11 is 5.86. The summed E-state index contributed by atoms with van der Waals surface area (Å²) in [5.41, 5.74) is 0.799. The fraction of sp³-hybridized carbons (Fsp3) is 0.421. The second-order valence-corrected chi connectivity index (χ2v) is 6.86. The minimum absolute atomic E-state index is 0.0147. The van der Waals surface area contributed by atoms with Crippen molar-refractivity contribution in [3.63, 3.8) is 0 Å². The van der Waals surface area contributed by atoms with Crippen molar-refractivity contribution >= 4 is 17.5 Å². The van der Waals surface area contributed by atoms with Gasteiger partial charge in [-0.1, -0.05) is 11.6 Å². The predicted molar refractivity (Wildman–Crippen MR) is 104 cm³/mol. The number of aromatic amines is 1. The number of morpholine rings is 1. The quantitative estimate of drug-likeness (QED) is 0.699. The average Bonchev–Trinajstić information content (AvgIpc) is 2.68. The summed E-state index contributed by atoms with van der Waals surface area (Å²) in [6.07, 6.45) is 2.34. The first kappa shape index (κ1) is 19.5. The SMILES string of the molecule is O=C(Cc1cnc(-c2ccc(Cl)cc2)[nH]c1=O)NCCCN1CCOCC1. The maximum Gasteiger partial charge on any atom is 0.254 e. The Balaban J connectivity index is 1.47. The highest BCUT2D eigenvalue weighted by Gasteiger charge is 2.11. The Bertz CT molecular complexity index is 816. The Morgan fingerprint density at radius 3 is 2.70 bits per heavy atom. The molecular weight excluding hydrogens is 368 g/mol. The first-order valence-corrected chi connectivity index (χ1v) is 9.40. The van der Waals surface area contributed by atoms with Gasteiger partial charge in [0.25, 0.3) is 5.56 Å². The lowest BCUT2D eigenvalue weighted by Gasteiger charge is -2.26. The molecule has 0 bridgehead atoms. The van der Waals surface area contributed by atoms with E-state index in [1.165, 1.54) is 6.20 Å². The van der Waals surface area contributed by atoms with E-state index in [-0.39, 0.29) is 17.9 Å². The minimum Gasteiger partial charge on any atom is -0.379 e. The molecule has 1 aliphatic heterocycles. The first-order chi connectivity index (χ1) is 13.1. The molecule has 2 N–H and O–H groups in total. The summed E-state index contributed by atoms with van der Waals surface area (Å²) in [5, 5.41) is 3.47. The van der Waals surface area contributed by atoms with Crippen molar-refractivity contribution in [3.8, 4) is 11.4 Å². The number of halogens is 1. The van der Waals surface area contributed by atoms with E-state index in [9.17, 15) is 9.59 Å². The average molecular weight is 391 g/mol. The summed E-state index contributed by atoms with van der Waals surface area (Å²) in [6, 6.07) is 7.02. The molecule has 27 heavy (non-hydrogen) atoms. The summed E-state index contributed by atoms with van der Waals surface area (Å²) in [5.74, 6) is 0.273. The number of hydrogen-bond donors (Lipinski definition) is 2. The van der Waals surface area contributed by atoms with Crippen LogP contribution in [0.5, 0.6) is 0 Å². The van der Waals surface area contributed by atoms with Crippen LogP contribution >= 0.6 is 11.6 Å². The molecule has 2 heterocycles. The van der Waals surface area contributed by atoms with Gasteiger partial charge in [0.15, 0.2) is 0 Å². The highest BCUT2D eigenvalue weighted by atomic mass is 35.5. The number of nitrogens with one attached hydrogen (secondary N) is 2. The van der Waals surface area contributed by atoms with Crippen LogP contribution in [0.1, 0.15) is 12.0 Å². The van der Waals surface area contributed by atoms with Crippen molar-refractivity contribution in [1.29, 1.82) is 0 Å². The number of rotatable bonds is 7. The standard InChI is InChI=1S/C19H23ClN4O3/c20-16-4-2-14(3-5-16)18-22-13-15(19(26)23-18)12-17(25)21-6-1-7-24-8-10-27-11-9-24/h2-5,13H,1,6-12H2,(H,21,25)(H,22,23,26). The zero-order chi connectivity index (χ0) is 19.1. The van der Waals surface area contributed by atoms with Crippen LogP contribution in [0.3, 0.4) is 0 Å². The monoisotopic (exact) mass is 390 g/mol. The Labute approximate surface area is 162 Å². The Morgan fingerprint density at radius 1 is 1.26 bits per heavy atom. The van der Waals surface area contributed by atoms with Crippen molar-refractivity contribution in [2.45, 2.75) is 12.8 Å². The summed E-state index contributed by atoms with van der Waals surface area (Å²) < 4.78 is 5.31. The molecule has 0 unspecified atom stereocenters. The van der Waals surface area contributed by atoms with Gasteiger partial charge < -0.3 is 15.0 Å². The van der Waals surface area contributed by atoms with Crippen molar-refractivity contribution < 1.29 is 9.53 Å². The van der Waals surface area contributed by atoms with E-state index in [0.29, 0.717) is 23.0 Å². The Kier molecular flexibility index (Phi) is 6.98. The molecule has 3 rings (SSSR count). The Hall–Kier alpha value is -2.22. The van der Waals surface area contributed by atoms with E-state index in [4.69, 9.17) is 16.3 Å². The van der Waals surface area contributed by atoms with Gasteiger partial charge in [0.2, 0.25) is 5.91 Å². The van der Waals surface area contributed by atoms with E-state index in [0.717, 1.165) is 44.8 Å². The fourth-order valence-electron chi connectivity index (χ4n) is 2.89. The van der Waals surface area contributed by atoms with Crippen molar-refractivity contribution in [2.24, 2.45) is 0 Å². The fourth-order valence-corrected chi connectivity index (χ4v) is 3.02. The molecule has 0 spiro atoms. The number of carbonyl (C=O) groups is 1. The van der Waals surface area contributed by atoms with Crippen LogP contribution in [0.25, 0.3) is 11.4 Å². The number of H-pyrrole nitrogens is 1. The molecule has 2 aromatic rings. The van der Waals surface area contributed by atoms with Crippen LogP contribution in [0.2, 0.25) is 5.02 Å². The van der Waals surface area contributed by atoms with Gasteiger partial charge >= 0.3 is 0 Å². The summed E-state index contributed by atoms with van der Waals surface area (Å²) in [6.45, 7) is 4.94. The summed E-state index contributed by atoms with van der Waals surface area (Å²) in [7, 11) is 0. The second kappa shape index (κ2) is 9.64. The molecule has 1 aromatic carbocycles. The number of carbonyl (C=O) groups excluding carboxylic acids is 1. The van der Waals surface area contributed by atoms with Gasteiger partial charge in [0.05, 0.1) is 19.6 Å². The normalized spacial score (nSPS) is 14.9. The van der Waals surface area contributed by atoms with Crippen molar-refractivity contribution in [3.05, 3.63) is 51.4 Å². The van der Waals surface area contributed by atoms with Gasteiger partial charge in [-0.25, -0.2) is 4.98 Å². The van der Waals surface area contributed by atoms with E-state index in [2.05, 4.69) is 20.2 Å². The van der Waals surface area contributed by atoms with Crippen LogP contribution in [-0.2, 0) is 16.0 Å². The van der Waals surface area contributed by atoms with Gasteiger partial charge in [-0.2, -0.15) is 0 Å². The van der Waals surface area contributed by atoms with E-state index >= 15 is 0 Å². The molecule has 7 nitrogen and oxygen atoms in total. The van der Waals surface area contributed by atoms with Crippen LogP contribution in [-0.4, -0.2) is 60.2 Å². The number of hydrogen-bond acceptors (Lipinski definition) is 5. The predicted octanol–water partition coefficient (Wildman–Crippen LogP) is 1.47. The molecule has 1 amide bonds. The third-order valence-corrected chi connectivity index (χ3v) is 4.67. The van der Waals surface area contributed by atoms with Gasteiger partial charge in [-0.3, -0.25) is 14.5 Å². The molecule has 0 aliphatic carbocycles. The molecule has 1 aliphatic rings. The molecule has 0 atom stereocenters. The molecule has 0 saturated carbocycles. The lowest BCUT2D eigenvalue weighted by atomic mass is 10.2. The van der Waals surface area contributed by atoms with E-state index in [1.54, 1.807) is 24.3 Å². The number of ether oxygens (including phenoxy) is 1. The second-order valence-electron chi connectivity index (χ2n) is 6.43. The maximum atomic E-state index is 12.2. The molecule has 0 radical (unpaired) electrons. The lowest BCUT2D eigenvalue weighted by molar-refractivity contribution is -0.120. The minimum atomic E-state index is -0.307. The molecule has 8 heteroatoms. The highest BCUT2D eigenvalue weighted by Crippen LogP contribution is 2.16. The van der Waals surface area contributed by atoms with E-state index in [1.807, 2.05) is 0 Å². The largest absolute Gasteiger partial charge is 0.379 e. The molecule has 144 valence electrons. The van der Waals surface area contributed by atoms with Crippen molar-refractivity contribution in [1.82, 2.24) is 20.2 Å². The van der Waals surface area contributed by atoms with Crippen LogP contribution in [0, 0.1) is 0 Å². The topological polar surface area (TPSA) is 87.3 Å². The first-order valence-electron chi connectivity index (χ1n) is 9.03. The third-order valence-electron chi connectivity index (χ3n) is 4.42. The molecule has 1 fully saturated rings. The highest BCUT2D eigenvalue weighted by molar-refractivity contribution is 6.30. The van der Waals surface area contributed by atoms with Gasteiger partial charge in [0.1, 0.15) is 5.82 Å².